The molecule has 1 unspecified atom stereocenters. The van der Waals surface area contributed by atoms with Crippen molar-refractivity contribution >= 4 is 29.4 Å². The molecule has 2 aromatic heterocycles. The van der Waals surface area contributed by atoms with Gasteiger partial charge in [-0.05, 0) is 42.4 Å². The first kappa shape index (κ1) is 28.6. The third-order valence-corrected chi connectivity index (χ3v) is 8.92. The second kappa shape index (κ2) is 11.5. The Hall–Kier alpha value is -3.96. The van der Waals surface area contributed by atoms with Gasteiger partial charge in [-0.15, -0.1) is 0 Å². The van der Waals surface area contributed by atoms with Gasteiger partial charge in [0, 0.05) is 45.4 Å². The molecule has 0 spiro atoms. The van der Waals surface area contributed by atoms with Crippen molar-refractivity contribution in [2.45, 2.75) is 76.4 Å². The van der Waals surface area contributed by atoms with Crippen LogP contribution in [0.25, 0.3) is 0 Å². The molecule has 4 N–H and O–H groups in total. The summed E-state index contributed by atoms with van der Waals surface area (Å²) in [5.41, 5.74) is 1.31. The van der Waals surface area contributed by atoms with E-state index in [1.165, 1.54) is 4.68 Å². The van der Waals surface area contributed by atoms with Crippen LogP contribution in [-0.4, -0.2) is 74.6 Å². The van der Waals surface area contributed by atoms with E-state index in [9.17, 15) is 19.2 Å². The Balaban J connectivity index is 1.36. The largest absolute Gasteiger partial charge is 0.357 e. The fraction of sp³-hybridized carbons (Fsp3) is 0.586. The summed E-state index contributed by atoms with van der Waals surface area (Å²) in [5.74, 6) is -0.641. The fourth-order valence-electron chi connectivity index (χ4n) is 6.49. The molecule has 1 saturated carbocycles. The lowest BCUT2D eigenvalue weighted by Gasteiger charge is -2.36. The van der Waals surface area contributed by atoms with Crippen molar-refractivity contribution in [2.75, 3.05) is 18.9 Å². The monoisotopic (exact) mass is 564 g/mol. The van der Waals surface area contributed by atoms with E-state index in [2.05, 4.69) is 31.3 Å². The van der Waals surface area contributed by atoms with Crippen molar-refractivity contribution in [3.05, 3.63) is 41.5 Å². The summed E-state index contributed by atoms with van der Waals surface area (Å²) in [6.07, 6.45) is 8.58. The van der Waals surface area contributed by atoms with Crippen LogP contribution in [0, 0.1) is 11.8 Å². The Morgan fingerprint density at radius 2 is 1.90 bits per heavy atom. The van der Waals surface area contributed by atoms with Gasteiger partial charge in [-0.2, -0.15) is 5.10 Å². The van der Waals surface area contributed by atoms with Crippen LogP contribution in [0.15, 0.2) is 24.5 Å². The van der Waals surface area contributed by atoms with Gasteiger partial charge >= 0.3 is 6.03 Å². The molecule has 0 bridgehead atoms. The number of hydrogen-bond acceptors (Lipinski definition) is 6. The molecule has 220 valence electrons. The van der Waals surface area contributed by atoms with Crippen LogP contribution in [0.3, 0.4) is 0 Å². The third kappa shape index (κ3) is 5.51. The number of anilines is 1. The summed E-state index contributed by atoms with van der Waals surface area (Å²) >= 11 is 0. The number of urea groups is 1. The number of carbonyl (C=O) groups excluding carboxylic acids is 4. The van der Waals surface area contributed by atoms with Crippen LogP contribution in [0.4, 0.5) is 10.5 Å². The summed E-state index contributed by atoms with van der Waals surface area (Å²) in [6, 6.07) is 2.44. The maximum Gasteiger partial charge on any atom is 0.318 e. The van der Waals surface area contributed by atoms with Gasteiger partial charge in [0.05, 0.1) is 17.9 Å². The van der Waals surface area contributed by atoms with Crippen molar-refractivity contribution in [1.29, 1.82) is 0 Å². The van der Waals surface area contributed by atoms with Gasteiger partial charge in [0.1, 0.15) is 17.3 Å². The predicted octanol–water partition coefficient (Wildman–Crippen LogP) is 1.77. The number of amides is 5. The summed E-state index contributed by atoms with van der Waals surface area (Å²) in [7, 11) is 3.26. The molecule has 0 aromatic carbocycles. The van der Waals surface area contributed by atoms with E-state index >= 15 is 0 Å². The lowest BCUT2D eigenvalue weighted by molar-refractivity contribution is -0.130. The number of hydrogen-bond donors (Lipinski definition) is 4. The number of nitrogens with zero attached hydrogens (tertiary/aromatic N) is 4. The third-order valence-electron chi connectivity index (χ3n) is 8.92. The summed E-state index contributed by atoms with van der Waals surface area (Å²) in [4.78, 5) is 59.2. The first-order chi connectivity index (χ1) is 19.6. The SMILES string of the molecule is CNC(=O)C1(N2C[C@@H](C(C)C)NC2=O)Cc2cc(NC(=O)[C@@H](NC(=O)c3ccnn3C)C3CCCCC3)cnc2C1. The molecule has 2 fully saturated rings. The highest BCUT2D eigenvalue weighted by molar-refractivity contribution is 6.01. The van der Waals surface area contributed by atoms with E-state index in [0.717, 1.165) is 43.4 Å². The molecule has 12 heteroatoms. The lowest BCUT2D eigenvalue weighted by Crippen LogP contribution is -2.60. The second-order valence-electron chi connectivity index (χ2n) is 11.9. The van der Waals surface area contributed by atoms with Crippen LogP contribution >= 0.6 is 0 Å². The van der Waals surface area contributed by atoms with Gasteiger partial charge in [0.25, 0.3) is 5.91 Å². The molecule has 3 aliphatic rings. The normalized spacial score (nSPS) is 23.2. The standard InChI is InChI=1S/C29H40N8O4/c1-17(2)22-16-37(28(41)34-22)29(27(40)30-3)13-19-12-20(15-31-21(19)14-29)33-26(39)24(18-8-6-5-7-9-18)35-25(38)23-10-11-32-36(23)4/h10-12,15,17-18,22,24H,5-9,13-14,16H2,1-4H3,(H,30,40)(H,33,39)(H,34,41)(H,35,38)/t22-,24-,29?/m0/s1. The average molecular weight is 565 g/mol. The minimum Gasteiger partial charge on any atom is -0.357 e. The molecule has 1 saturated heterocycles. The highest BCUT2D eigenvalue weighted by atomic mass is 16.2. The van der Waals surface area contributed by atoms with Crippen molar-refractivity contribution in [3.8, 4) is 0 Å². The van der Waals surface area contributed by atoms with Crippen molar-refractivity contribution in [1.82, 2.24) is 35.6 Å². The maximum absolute atomic E-state index is 13.6. The second-order valence-corrected chi connectivity index (χ2v) is 11.9. The van der Waals surface area contributed by atoms with Gasteiger partial charge in [-0.3, -0.25) is 24.0 Å². The van der Waals surface area contributed by atoms with Gasteiger partial charge < -0.3 is 26.2 Å². The zero-order valence-electron chi connectivity index (χ0n) is 24.2. The Labute approximate surface area is 240 Å². The molecule has 41 heavy (non-hydrogen) atoms. The van der Waals surface area contributed by atoms with Gasteiger partial charge in [0.2, 0.25) is 11.8 Å². The minimum absolute atomic E-state index is 0.0202. The van der Waals surface area contributed by atoms with Gasteiger partial charge in [-0.1, -0.05) is 33.1 Å². The topological polar surface area (TPSA) is 150 Å². The van der Waals surface area contributed by atoms with E-state index in [0.29, 0.717) is 30.8 Å². The molecule has 3 heterocycles. The molecule has 5 rings (SSSR count). The highest BCUT2D eigenvalue weighted by Gasteiger charge is 2.53. The Bertz CT molecular complexity index is 1330. The van der Waals surface area contributed by atoms with E-state index in [-0.39, 0.29) is 41.6 Å². The Kier molecular flexibility index (Phi) is 8.01. The van der Waals surface area contributed by atoms with Crippen LogP contribution in [-0.2, 0) is 29.5 Å². The molecule has 12 nitrogen and oxygen atoms in total. The number of pyridine rings is 1. The van der Waals surface area contributed by atoms with Crippen LogP contribution in [0.5, 0.6) is 0 Å². The number of aromatic nitrogens is 3. The smallest absolute Gasteiger partial charge is 0.318 e. The Morgan fingerprint density at radius 3 is 2.54 bits per heavy atom. The van der Waals surface area contributed by atoms with Crippen molar-refractivity contribution < 1.29 is 19.2 Å². The molecule has 1 aliphatic heterocycles. The molecule has 3 atom stereocenters. The molecule has 0 radical (unpaired) electrons. The van der Waals surface area contributed by atoms with E-state index < -0.39 is 11.6 Å². The number of aryl methyl sites for hydroxylation is 1. The number of fused-ring (bicyclic) bond motifs is 1. The number of rotatable bonds is 8. The molecule has 2 aliphatic carbocycles. The lowest BCUT2D eigenvalue weighted by atomic mass is 9.83. The van der Waals surface area contributed by atoms with Crippen molar-refractivity contribution in [3.63, 3.8) is 0 Å². The first-order valence-electron chi connectivity index (χ1n) is 14.5. The van der Waals surface area contributed by atoms with E-state index in [1.807, 2.05) is 19.9 Å². The number of likely N-dealkylation sites (N-methyl/N-ethyl adjacent to an activating group) is 1. The summed E-state index contributed by atoms with van der Waals surface area (Å²) in [6.45, 7) is 4.52. The zero-order chi connectivity index (χ0) is 29.3. The van der Waals surface area contributed by atoms with Crippen LogP contribution in [0.2, 0.25) is 0 Å². The quantitative estimate of drug-likeness (QED) is 0.384. The van der Waals surface area contributed by atoms with Gasteiger partial charge in [-0.25, -0.2) is 4.79 Å². The molecular weight excluding hydrogens is 524 g/mol. The Morgan fingerprint density at radius 1 is 1.15 bits per heavy atom. The predicted molar refractivity (Wildman–Crippen MR) is 152 cm³/mol. The summed E-state index contributed by atoms with van der Waals surface area (Å²) in [5, 5.41) is 15.8. The fourth-order valence-corrected chi connectivity index (χ4v) is 6.49. The molecule has 2 aromatic rings. The molecule has 5 amide bonds. The number of carbonyl (C=O) groups is 4. The van der Waals surface area contributed by atoms with E-state index in [1.54, 1.807) is 37.5 Å². The van der Waals surface area contributed by atoms with Crippen LogP contribution in [0.1, 0.15) is 67.7 Å². The maximum atomic E-state index is 13.6. The molecular formula is C29H40N8O4. The average Bonchev–Trinajstić information content (AvgIpc) is 3.68. The first-order valence-corrected chi connectivity index (χ1v) is 14.5. The van der Waals surface area contributed by atoms with Gasteiger partial charge in [0.15, 0.2) is 0 Å². The summed E-state index contributed by atoms with van der Waals surface area (Å²) < 4.78 is 1.48. The van der Waals surface area contributed by atoms with Crippen molar-refractivity contribution in [2.24, 2.45) is 18.9 Å². The zero-order valence-corrected chi connectivity index (χ0v) is 24.2. The number of nitrogens with one attached hydrogen (secondary N) is 4. The van der Waals surface area contributed by atoms with E-state index in [4.69, 9.17) is 0 Å². The minimum atomic E-state index is -1.10. The van der Waals surface area contributed by atoms with Crippen LogP contribution < -0.4 is 21.3 Å². The highest BCUT2D eigenvalue weighted by Crippen LogP contribution is 2.37.